The van der Waals surface area contributed by atoms with Gasteiger partial charge in [-0.2, -0.15) is 0 Å². The number of ether oxygens (including phenoxy) is 1. The minimum atomic E-state index is -0.513. The smallest absolute Gasteiger partial charge is 0.316 e. The van der Waals surface area contributed by atoms with Crippen LogP contribution in [0.25, 0.3) is 10.8 Å². The zero-order chi connectivity index (χ0) is 13.5. The molecule has 1 fully saturated rings. The fraction of sp³-hybridized carbons (Fsp3) is 0.235. The van der Waals surface area contributed by atoms with Crippen LogP contribution in [0.15, 0.2) is 55.1 Å². The van der Waals surface area contributed by atoms with Crippen molar-refractivity contribution in [1.29, 1.82) is 0 Å². The van der Waals surface area contributed by atoms with Crippen molar-refractivity contribution < 1.29 is 9.53 Å². The molecule has 96 valence electrons. The Morgan fingerprint density at radius 2 is 2.05 bits per heavy atom. The summed E-state index contributed by atoms with van der Waals surface area (Å²) in [6, 6.07) is 14.3. The number of carbonyl (C=O) groups is 1. The molecule has 0 unspecified atom stereocenters. The van der Waals surface area contributed by atoms with Crippen LogP contribution in [0.3, 0.4) is 0 Å². The van der Waals surface area contributed by atoms with Gasteiger partial charge in [0.2, 0.25) is 0 Å². The van der Waals surface area contributed by atoms with Gasteiger partial charge in [0.1, 0.15) is 0 Å². The first-order valence-corrected chi connectivity index (χ1v) is 6.42. The second kappa shape index (κ2) is 4.23. The van der Waals surface area contributed by atoms with E-state index in [1.165, 1.54) is 12.5 Å². The molecular weight excluding hydrogens is 236 g/mol. The van der Waals surface area contributed by atoms with Crippen molar-refractivity contribution in [1.82, 2.24) is 0 Å². The third kappa shape index (κ3) is 1.67. The van der Waals surface area contributed by atoms with Crippen LogP contribution in [0.4, 0.5) is 0 Å². The monoisotopic (exact) mass is 252 g/mol. The summed E-state index contributed by atoms with van der Waals surface area (Å²) in [5.74, 6) is 0.0220. The molecular formula is C17H16O2. The highest BCUT2D eigenvalue weighted by atomic mass is 16.5. The van der Waals surface area contributed by atoms with Crippen molar-refractivity contribution in [3.8, 4) is 0 Å². The minimum absolute atomic E-state index is 0.160. The zero-order valence-corrected chi connectivity index (χ0v) is 10.9. The molecule has 0 radical (unpaired) electrons. The highest BCUT2D eigenvalue weighted by molar-refractivity contribution is 5.91. The van der Waals surface area contributed by atoms with E-state index in [4.69, 9.17) is 4.74 Å². The van der Waals surface area contributed by atoms with E-state index in [2.05, 4.69) is 30.8 Å². The van der Waals surface area contributed by atoms with Crippen molar-refractivity contribution in [3.05, 3.63) is 60.7 Å². The molecule has 0 N–H and O–H groups in total. The van der Waals surface area contributed by atoms with Crippen LogP contribution in [0.1, 0.15) is 12.0 Å². The summed E-state index contributed by atoms with van der Waals surface area (Å²) in [6.45, 7) is 3.81. The molecule has 0 heterocycles. The van der Waals surface area contributed by atoms with E-state index in [-0.39, 0.29) is 11.9 Å². The summed E-state index contributed by atoms with van der Waals surface area (Å²) in [6.07, 6.45) is 2.65. The highest BCUT2D eigenvalue weighted by Crippen LogP contribution is 2.56. The lowest BCUT2D eigenvalue weighted by atomic mass is 9.91. The van der Waals surface area contributed by atoms with Gasteiger partial charge in [0, 0.05) is 0 Å². The molecule has 19 heavy (non-hydrogen) atoms. The van der Waals surface area contributed by atoms with Gasteiger partial charge in [0.15, 0.2) is 0 Å². The average Bonchev–Trinajstić information content (AvgIpc) is 3.21. The van der Waals surface area contributed by atoms with Gasteiger partial charge in [-0.05, 0) is 34.7 Å². The largest absolute Gasteiger partial charge is 0.468 e. The van der Waals surface area contributed by atoms with Crippen LogP contribution < -0.4 is 0 Å². The van der Waals surface area contributed by atoms with Gasteiger partial charge in [-0.25, -0.2) is 0 Å². The van der Waals surface area contributed by atoms with E-state index in [1.807, 2.05) is 24.3 Å². The maximum Gasteiger partial charge on any atom is 0.316 e. The second-order valence-corrected chi connectivity index (χ2v) is 5.07. The van der Waals surface area contributed by atoms with Crippen LogP contribution in [0.5, 0.6) is 0 Å². The topological polar surface area (TPSA) is 26.3 Å². The quantitative estimate of drug-likeness (QED) is 0.617. The SMILES string of the molecule is C=C[C@H]1C[C@]1(C(=O)OC)c1ccc2ccccc2c1. The highest BCUT2D eigenvalue weighted by Gasteiger charge is 2.60. The van der Waals surface area contributed by atoms with E-state index >= 15 is 0 Å². The van der Waals surface area contributed by atoms with Crippen LogP contribution in [-0.4, -0.2) is 13.1 Å². The molecule has 0 aliphatic heterocycles. The van der Waals surface area contributed by atoms with Crippen molar-refractivity contribution in [3.63, 3.8) is 0 Å². The van der Waals surface area contributed by atoms with Crippen LogP contribution >= 0.6 is 0 Å². The van der Waals surface area contributed by atoms with Crippen LogP contribution in [0.2, 0.25) is 0 Å². The van der Waals surface area contributed by atoms with Gasteiger partial charge in [0.25, 0.3) is 0 Å². The summed E-state index contributed by atoms with van der Waals surface area (Å²) in [5.41, 5.74) is 0.517. The standard InChI is InChI=1S/C17H16O2/c1-3-14-11-17(14,16(18)19-2)15-9-8-12-6-4-5-7-13(12)10-15/h3-10,14H,1,11H2,2H3/t14-,17+/m0/s1. The van der Waals surface area contributed by atoms with Crippen molar-refractivity contribution >= 4 is 16.7 Å². The molecule has 0 amide bonds. The Balaban J connectivity index is 2.12. The molecule has 1 aliphatic rings. The molecule has 1 saturated carbocycles. The first kappa shape index (κ1) is 12.0. The summed E-state index contributed by atoms with van der Waals surface area (Å²) >= 11 is 0. The summed E-state index contributed by atoms with van der Waals surface area (Å²) in [7, 11) is 1.45. The number of benzene rings is 2. The number of hydrogen-bond acceptors (Lipinski definition) is 2. The Bertz CT molecular complexity index is 659. The second-order valence-electron chi connectivity index (χ2n) is 5.07. The predicted octanol–water partition coefficient (Wildman–Crippen LogP) is 3.46. The number of hydrogen-bond donors (Lipinski definition) is 0. The minimum Gasteiger partial charge on any atom is -0.468 e. The van der Waals surface area contributed by atoms with Gasteiger partial charge in [-0.3, -0.25) is 4.79 Å². The van der Waals surface area contributed by atoms with E-state index in [0.29, 0.717) is 0 Å². The molecule has 0 spiro atoms. The fourth-order valence-corrected chi connectivity index (χ4v) is 2.91. The van der Waals surface area contributed by atoms with Crippen molar-refractivity contribution in [2.75, 3.05) is 7.11 Å². The van der Waals surface area contributed by atoms with Crippen molar-refractivity contribution in [2.24, 2.45) is 5.92 Å². The Morgan fingerprint density at radius 3 is 2.68 bits per heavy atom. The first-order valence-electron chi connectivity index (χ1n) is 6.42. The summed E-state index contributed by atoms with van der Waals surface area (Å²) in [5, 5.41) is 2.33. The summed E-state index contributed by atoms with van der Waals surface area (Å²) < 4.78 is 4.99. The lowest BCUT2D eigenvalue weighted by Gasteiger charge is -2.15. The third-order valence-electron chi connectivity index (χ3n) is 4.11. The number of allylic oxidation sites excluding steroid dienone is 1. The molecule has 3 rings (SSSR count). The first-order chi connectivity index (χ1) is 9.22. The summed E-state index contributed by atoms with van der Waals surface area (Å²) in [4.78, 5) is 12.1. The Labute approximate surface area is 112 Å². The number of esters is 1. The maximum atomic E-state index is 12.1. The van der Waals surface area contributed by atoms with Gasteiger partial charge >= 0.3 is 5.97 Å². The van der Waals surface area contributed by atoms with E-state index in [0.717, 1.165) is 17.4 Å². The molecule has 0 aromatic heterocycles. The number of fused-ring (bicyclic) bond motifs is 1. The van der Waals surface area contributed by atoms with Crippen LogP contribution in [0, 0.1) is 5.92 Å². The zero-order valence-electron chi connectivity index (χ0n) is 10.9. The normalized spacial score (nSPS) is 25.0. The third-order valence-corrected chi connectivity index (χ3v) is 4.11. The molecule has 2 nitrogen and oxygen atoms in total. The maximum absolute atomic E-state index is 12.1. The van der Waals surface area contributed by atoms with Gasteiger partial charge in [0.05, 0.1) is 12.5 Å². The lowest BCUT2D eigenvalue weighted by molar-refractivity contribution is -0.144. The lowest BCUT2D eigenvalue weighted by Crippen LogP contribution is -2.24. The van der Waals surface area contributed by atoms with Crippen LogP contribution in [-0.2, 0) is 14.9 Å². The molecule has 2 atom stereocenters. The molecule has 0 bridgehead atoms. The predicted molar refractivity (Wildman–Crippen MR) is 75.9 cm³/mol. The fourth-order valence-electron chi connectivity index (χ4n) is 2.91. The Morgan fingerprint density at radius 1 is 1.32 bits per heavy atom. The number of rotatable bonds is 3. The molecule has 1 aliphatic carbocycles. The Hall–Kier alpha value is -2.09. The molecule has 2 heteroatoms. The average molecular weight is 252 g/mol. The molecule has 2 aromatic rings. The molecule has 0 saturated heterocycles. The van der Waals surface area contributed by atoms with E-state index < -0.39 is 5.41 Å². The van der Waals surface area contributed by atoms with E-state index in [9.17, 15) is 4.79 Å². The number of methoxy groups -OCH3 is 1. The van der Waals surface area contributed by atoms with Crippen molar-refractivity contribution in [2.45, 2.75) is 11.8 Å². The van der Waals surface area contributed by atoms with Gasteiger partial charge < -0.3 is 4.74 Å². The Kier molecular flexibility index (Phi) is 2.67. The number of carbonyl (C=O) groups excluding carboxylic acids is 1. The van der Waals surface area contributed by atoms with E-state index in [1.54, 1.807) is 0 Å². The van der Waals surface area contributed by atoms with Gasteiger partial charge in [-0.1, -0.05) is 42.5 Å². The van der Waals surface area contributed by atoms with Gasteiger partial charge in [-0.15, -0.1) is 6.58 Å². The molecule has 2 aromatic carbocycles.